The fourth-order valence-electron chi connectivity index (χ4n) is 9.73. The Morgan fingerprint density at radius 3 is 1.92 bits per heavy atom. The number of aryl methyl sites for hydroxylation is 1. The first-order chi connectivity index (χ1) is 29.4. The maximum absolute atomic E-state index is 14.5. The highest BCUT2D eigenvalue weighted by molar-refractivity contribution is 5.91. The summed E-state index contributed by atoms with van der Waals surface area (Å²) in [7, 11) is 0. The van der Waals surface area contributed by atoms with Crippen molar-refractivity contribution in [1.82, 2.24) is 4.98 Å². The second-order valence-corrected chi connectivity index (χ2v) is 16.7. The topological polar surface area (TPSA) is 273 Å². The molecule has 2 aliphatic heterocycles. The molecule has 1 aromatic heterocycles. The normalized spacial score (nSPS) is 35.8. The van der Waals surface area contributed by atoms with E-state index in [0.717, 1.165) is 48.5 Å². The second-order valence-electron chi connectivity index (χ2n) is 16.7. The van der Waals surface area contributed by atoms with Crippen LogP contribution >= 0.6 is 0 Å². The Morgan fingerprint density at radius 1 is 0.746 bits per heavy atom. The van der Waals surface area contributed by atoms with Crippen LogP contribution in [-0.4, -0.2) is 135 Å². The van der Waals surface area contributed by atoms with Gasteiger partial charge in [0.2, 0.25) is 0 Å². The first kappa shape index (κ1) is 46.5. The van der Waals surface area contributed by atoms with E-state index in [-0.39, 0.29) is 23.2 Å². The number of pyridine rings is 1. The summed E-state index contributed by atoms with van der Waals surface area (Å²) in [5, 5.41) is 25.4. The quantitative estimate of drug-likeness (QED) is 0.279. The molecule has 63 heavy (non-hydrogen) atoms. The largest absolute Gasteiger partial charge is 0.465 e. The van der Waals surface area contributed by atoms with Gasteiger partial charge in [0.05, 0.1) is 22.7 Å². The fraction of sp³-hybridized carbons (Fsp3) is 0.558. The van der Waals surface area contributed by atoms with Gasteiger partial charge in [-0.1, -0.05) is 18.2 Å². The lowest BCUT2D eigenvalue weighted by Crippen LogP contribution is -2.89. The summed E-state index contributed by atoms with van der Waals surface area (Å²) in [4.78, 5) is 113. The summed E-state index contributed by atoms with van der Waals surface area (Å²) in [6.45, 7) is 6.37. The molecule has 340 valence electrons. The van der Waals surface area contributed by atoms with Gasteiger partial charge in [0, 0.05) is 40.8 Å². The Hall–Kier alpha value is -5.99. The van der Waals surface area contributed by atoms with Crippen LogP contribution in [0.2, 0.25) is 0 Å². The van der Waals surface area contributed by atoms with Crippen molar-refractivity contribution in [1.29, 1.82) is 0 Å². The first-order valence-electron chi connectivity index (χ1n) is 20.0. The van der Waals surface area contributed by atoms with Crippen LogP contribution in [0.5, 0.6) is 0 Å². The number of rotatable bonds is 8. The molecule has 2 aromatic rings. The maximum atomic E-state index is 14.5. The van der Waals surface area contributed by atoms with Gasteiger partial charge >= 0.3 is 47.8 Å². The van der Waals surface area contributed by atoms with E-state index < -0.39 is 138 Å². The second kappa shape index (κ2) is 16.9. The zero-order valence-electron chi connectivity index (χ0n) is 35.8. The molecule has 2 saturated carbocycles. The van der Waals surface area contributed by atoms with Crippen molar-refractivity contribution < 1.29 is 91.2 Å². The number of ether oxygens (including phenoxy) is 9. The zero-order valence-corrected chi connectivity index (χ0v) is 35.8. The molecule has 1 saturated heterocycles. The van der Waals surface area contributed by atoms with E-state index in [1.54, 1.807) is 6.07 Å². The Labute approximate surface area is 360 Å². The number of carbonyl (C=O) groups excluding carboxylic acids is 8. The predicted molar refractivity (Wildman–Crippen MR) is 207 cm³/mol. The van der Waals surface area contributed by atoms with Gasteiger partial charge in [0.1, 0.15) is 42.0 Å². The smallest absolute Gasteiger partial charge is 0.340 e. The Balaban J connectivity index is 1.79. The van der Waals surface area contributed by atoms with Gasteiger partial charge in [-0.3, -0.25) is 29.0 Å². The van der Waals surface area contributed by atoms with Crippen molar-refractivity contribution in [3.63, 3.8) is 0 Å². The van der Waals surface area contributed by atoms with E-state index in [1.807, 2.05) is 0 Å². The van der Waals surface area contributed by atoms with E-state index in [0.29, 0.717) is 0 Å². The van der Waals surface area contributed by atoms with Crippen LogP contribution in [0.25, 0.3) is 0 Å². The molecule has 3 heterocycles. The molecule has 1 aromatic carbocycles. The van der Waals surface area contributed by atoms with Gasteiger partial charge in [-0.25, -0.2) is 14.4 Å². The van der Waals surface area contributed by atoms with Gasteiger partial charge in [-0.15, -0.1) is 0 Å². The highest BCUT2D eigenvalue weighted by Gasteiger charge is 2.92. The summed E-state index contributed by atoms with van der Waals surface area (Å²) >= 11 is 0. The molecule has 1 spiro atoms. The lowest BCUT2D eigenvalue weighted by Gasteiger charge is -2.67. The third-order valence-corrected chi connectivity index (χ3v) is 12.2. The number of cyclic esters (lactones) is 1. The van der Waals surface area contributed by atoms with Gasteiger partial charge in [-0.2, -0.15) is 0 Å². The molecule has 3 fully saturated rings. The summed E-state index contributed by atoms with van der Waals surface area (Å²) in [6.07, 6.45) is -12.0. The van der Waals surface area contributed by atoms with Crippen molar-refractivity contribution in [3.8, 4) is 0 Å². The predicted octanol–water partition coefficient (Wildman–Crippen LogP) is 1.27. The van der Waals surface area contributed by atoms with E-state index in [1.165, 1.54) is 49.5 Å². The number of nitrogens with zero attached hydrogens (tertiary/aromatic N) is 1. The van der Waals surface area contributed by atoms with Gasteiger partial charge in [0.15, 0.2) is 35.6 Å². The summed E-state index contributed by atoms with van der Waals surface area (Å²) in [5.41, 5.74) is -13.3. The van der Waals surface area contributed by atoms with Crippen LogP contribution in [0.3, 0.4) is 0 Å². The van der Waals surface area contributed by atoms with Gasteiger partial charge in [0.25, 0.3) is 0 Å². The highest BCUT2D eigenvalue weighted by atomic mass is 16.7. The number of esters is 8. The molecular weight excluding hydrogens is 834 g/mol. The molecule has 4 bridgehead atoms. The van der Waals surface area contributed by atoms with Crippen LogP contribution in [-0.2, 0) is 77.8 Å². The minimum atomic E-state index is -2.98. The average Bonchev–Trinajstić information content (AvgIpc) is 3.42. The van der Waals surface area contributed by atoms with Gasteiger partial charge < -0.3 is 52.8 Å². The van der Waals surface area contributed by atoms with E-state index in [9.17, 15) is 48.6 Å². The van der Waals surface area contributed by atoms with Gasteiger partial charge in [-0.05, 0) is 57.9 Å². The summed E-state index contributed by atoms with van der Waals surface area (Å²) in [6, 6.07) is 10.1. The Bertz CT molecular complexity index is 2190. The van der Waals surface area contributed by atoms with E-state index in [4.69, 9.17) is 42.6 Å². The molecule has 20 nitrogen and oxygen atoms in total. The Kier molecular flexibility index (Phi) is 12.5. The monoisotopic (exact) mass is 883 g/mol. The van der Waals surface area contributed by atoms with Crippen molar-refractivity contribution in [3.05, 3.63) is 65.5 Å². The van der Waals surface area contributed by atoms with Crippen molar-refractivity contribution >= 4 is 47.8 Å². The van der Waals surface area contributed by atoms with E-state index >= 15 is 0 Å². The molecule has 2 N–H and O–H groups in total. The maximum Gasteiger partial charge on any atom is 0.340 e. The number of fused-ring (bicyclic) bond motifs is 5. The molecular formula is C43H49NO19. The minimum Gasteiger partial charge on any atom is -0.465 e. The SMILES string of the molecule is CC(=O)OC[C@@]12[C@H](OC(C)=O)[C@H](OC(C)=O)[C@@H]3[C@@H](OC(C)=O)[C@]14O[C@]3(C)COC(=O)c1cccnc1CCC(C)(O)C(=O)O[C@@H]([C@H](OC(=O)c1ccccc1)[C@@H]2OC(C)=O)[C@@]4(C)O. The van der Waals surface area contributed by atoms with Crippen LogP contribution in [0.4, 0.5) is 0 Å². The minimum absolute atomic E-state index is 0.0847. The first-order valence-corrected chi connectivity index (χ1v) is 20.0. The summed E-state index contributed by atoms with van der Waals surface area (Å²) in [5.74, 6) is -10.5. The van der Waals surface area contributed by atoms with Crippen molar-refractivity contribution in [2.24, 2.45) is 11.3 Å². The molecule has 6 rings (SSSR count). The lowest BCUT2D eigenvalue weighted by atomic mass is 9.45. The molecule has 20 heteroatoms. The molecule has 1 unspecified atom stereocenters. The van der Waals surface area contributed by atoms with Crippen LogP contribution < -0.4 is 0 Å². The molecule has 12 atom stereocenters. The fourth-order valence-corrected chi connectivity index (χ4v) is 9.73. The number of aliphatic hydroxyl groups is 2. The average molecular weight is 884 g/mol. The number of carbonyl (C=O) groups is 8. The third kappa shape index (κ3) is 7.99. The number of hydrogen-bond acceptors (Lipinski definition) is 20. The molecule has 2 aliphatic carbocycles. The standard InChI is InChI=1S/C43H49NO19/c1-21(45)55-20-42-34(59-24(4)48)30(57-22(2)46)29-32(58-23(3)47)43(42)41(8,54)33(31(35(42)60-25(5)49)61-36(50)26-13-10-9-11-14-26)62-38(52)39(6,53)17-16-28-27(15-12-18-44-28)37(51)56-19-40(29,7)63-43/h9-15,18,29-35,53-54H,16-17,19-20H2,1-8H3/t29-,30-,31+,32-,33+,34-,35+,39?,40-,41-,42+,43-/m1/s1. The van der Waals surface area contributed by atoms with Crippen molar-refractivity contribution in [2.75, 3.05) is 13.2 Å². The number of hydrogen-bond donors (Lipinski definition) is 2. The highest BCUT2D eigenvalue weighted by Crippen LogP contribution is 2.70. The van der Waals surface area contributed by atoms with E-state index in [2.05, 4.69) is 4.98 Å². The number of benzene rings is 1. The van der Waals surface area contributed by atoms with Crippen LogP contribution in [0.15, 0.2) is 48.7 Å². The molecule has 0 amide bonds. The van der Waals surface area contributed by atoms with Crippen LogP contribution in [0, 0.1) is 11.3 Å². The molecule has 4 aliphatic rings. The third-order valence-electron chi connectivity index (χ3n) is 12.2. The zero-order chi connectivity index (χ0) is 46.4. The number of aromatic nitrogens is 1. The van der Waals surface area contributed by atoms with Crippen LogP contribution in [0.1, 0.15) is 88.2 Å². The van der Waals surface area contributed by atoms with Crippen molar-refractivity contribution in [2.45, 2.75) is 127 Å². The summed E-state index contributed by atoms with van der Waals surface area (Å²) < 4.78 is 54.9. The molecule has 0 radical (unpaired) electrons. The Morgan fingerprint density at radius 2 is 1.33 bits per heavy atom. The lowest BCUT2D eigenvalue weighted by molar-refractivity contribution is -0.386.